The summed E-state index contributed by atoms with van der Waals surface area (Å²) in [4.78, 5) is 12.1. The smallest absolute Gasteiger partial charge is 0.255 e. The molecule has 16 heavy (non-hydrogen) atoms. The summed E-state index contributed by atoms with van der Waals surface area (Å²) in [6, 6.07) is 2.05. The largest absolute Gasteiger partial charge is 0.313 e. The lowest BCUT2D eigenvalue weighted by molar-refractivity contribution is 0.573. The minimum absolute atomic E-state index is 0.0867. The minimum Gasteiger partial charge on any atom is -0.313 e. The first-order valence-corrected chi connectivity index (χ1v) is 6.41. The van der Waals surface area contributed by atoms with Gasteiger partial charge in [-0.2, -0.15) is 0 Å². The number of pyridine rings is 1. The molecule has 1 aromatic rings. The highest BCUT2D eigenvalue weighted by molar-refractivity contribution is 6.17. The molecule has 1 aromatic heterocycles. The molecule has 0 radical (unpaired) electrons. The van der Waals surface area contributed by atoms with E-state index in [1.165, 1.54) is 6.42 Å². The van der Waals surface area contributed by atoms with E-state index in [0.717, 1.165) is 36.2 Å². The second kappa shape index (κ2) is 6.09. The van der Waals surface area contributed by atoms with E-state index >= 15 is 0 Å². The van der Waals surface area contributed by atoms with Crippen LogP contribution in [0.2, 0.25) is 0 Å². The van der Waals surface area contributed by atoms with E-state index in [2.05, 4.69) is 6.92 Å². The molecule has 0 saturated heterocycles. The lowest BCUT2D eigenvalue weighted by Gasteiger charge is -2.13. The van der Waals surface area contributed by atoms with E-state index in [0.29, 0.717) is 5.88 Å². The van der Waals surface area contributed by atoms with Gasteiger partial charge < -0.3 is 4.57 Å². The van der Waals surface area contributed by atoms with Crippen molar-refractivity contribution in [3.05, 3.63) is 33.2 Å². The number of unbranched alkanes of at least 4 members (excludes halogenated alkanes) is 2. The third kappa shape index (κ3) is 2.88. The lowest BCUT2D eigenvalue weighted by Crippen LogP contribution is -2.26. The Morgan fingerprint density at radius 3 is 2.56 bits per heavy atom. The Labute approximate surface area is 102 Å². The van der Waals surface area contributed by atoms with Crippen LogP contribution in [0, 0.1) is 13.8 Å². The van der Waals surface area contributed by atoms with Gasteiger partial charge in [0.1, 0.15) is 0 Å². The highest BCUT2D eigenvalue weighted by Gasteiger charge is 2.08. The highest BCUT2D eigenvalue weighted by atomic mass is 35.5. The van der Waals surface area contributed by atoms with E-state index in [9.17, 15) is 4.79 Å². The first kappa shape index (κ1) is 13.3. The Morgan fingerprint density at radius 2 is 2.00 bits per heavy atom. The zero-order chi connectivity index (χ0) is 12.1. The lowest BCUT2D eigenvalue weighted by atomic mass is 10.1. The number of hydrogen-bond acceptors (Lipinski definition) is 1. The fourth-order valence-corrected chi connectivity index (χ4v) is 2.26. The molecule has 1 rings (SSSR count). The Hall–Kier alpha value is -0.760. The van der Waals surface area contributed by atoms with Crippen LogP contribution >= 0.6 is 11.6 Å². The van der Waals surface area contributed by atoms with Crippen LogP contribution in [0.1, 0.15) is 43.0 Å². The second-order valence-electron chi connectivity index (χ2n) is 4.24. The normalized spacial score (nSPS) is 10.8. The monoisotopic (exact) mass is 241 g/mol. The van der Waals surface area contributed by atoms with Gasteiger partial charge in [-0.3, -0.25) is 4.79 Å². The van der Waals surface area contributed by atoms with Crippen molar-refractivity contribution in [1.82, 2.24) is 4.57 Å². The molecule has 0 N–H and O–H groups in total. The van der Waals surface area contributed by atoms with Gasteiger partial charge >= 0.3 is 0 Å². The quantitative estimate of drug-likeness (QED) is 0.572. The summed E-state index contributed by atoms with van der Waals surface area (Å²) in [5.74, 6) is 0.304. The standard InChI is InChI=1S/C13H20ClNO/c1-4-5-6-7-15-11(3)8-10(2)12(9-14)13(15)16/h8H,4-7,9H2,1-3H3. The van der Waals surface area contributed by atoms with E-state index in [1.54, 1.807) is 0 Å². The van der Waals surface area contributed by atoms with E-state index in [1.807, 2.05) is 24.5 Å². The van der Waals surface area contributed by atoms with Crippen molar-refractivity contribution in [3.8, 4) is 0 Å². The van der Waals surface area contributed by atoms with Gasteiger partial charge in [0.15, 0.2) is 0 Å². The molecule has 0 aromatic carbocycles. The molecule has 0 aliphatic carbocycles. The topological polar surface area (TPSA) is 22.0 Å². The van der Waals surface area contributed by atoms with E-state index < -0.39 is 0 Å². The molecule has 0 unspecified atom stereocenters. The molecule has 0 aliphatic heterocycles. The molecular formula is C13H20ClNO. The minimum atomic E-state index is 0.0867. The SMILES string of the molecule is CCCCCn1c(C)cc(C)c(CCl)c1=O. The van der Waals surface area contributed by atoms with Crippen molar-refractivity contribution in [2.45, 2.75) is 52.5 Å². The first-order chi connectivity index (χ1) is 7.61. The fraction of sp³-hybridized carbons (Fsp3) is 0.615. The number of hydrogen-bond donors (Lipinski definition) is 0. The van der Waals surface area contributed by atoms with E-state index in [4.69, 9.17) is 11.6 Å². The summed E-state index contributed by atoms with van der Waals surface area (Å²) in [6.45, 7) is 6.90. The van der Waals surface area contributed by atoms with Crippen LogP contribution in [0.25, 0.3) is 0 Å². The summed E-state index contributed by atoms with van der Waals surface area (Å²) in [5.41, 5.74) is 2.86. The van der Waals surface area contributed by atoms with Crippen molar-refractivity contribution >= 4 is 11.6 Å². The van der Waals surface area contributed by atoms with Gasteiger partial charge in [-0.15, -0.1) is 11.6 Å². The number of halogens is 1. The molecule has 0 spiro atoms. The molecule has 0 fully saturated rings. The van der Waals surface area contributed by atoms with Crippen LogP contribution in [0.5, 0.6) is 0 Å². The number of aryl methyl sites for hydroxylation is 2. The van der Waals surface area contributed by atoms with Crippen molar-refractivity contribution in [3.63, 3.8) is 0 Å². The number of nitrogens with zero attached hydrogens (tertiary/aromatic N) is 1. The molecule has 0 atom stereocenters. The zero-order valence-electron chi connectivity index (χ0n) is 10.3. The fourth-order valence-electron chi connectivity index (χ4n) is 1.93. The maximum Gasteiger partial charge on any atom is 0.255 e. The van der Waals surface area contributed by atoms with Gasteiger partial charge in [0, 0.05) is 17.8 Å². The van der Waals surface area contributed by atoms with Gasteiger partial charge in [-0.1, -0.05) is 19.8 Å². The van der Waals surface area contributed by atoms with Gasteiger partial charge in [0.2, 0.25) is 0 Å². The molecule has 0 bridgehead atoms. The van der Waals surface area contributed by atoms with Gasteiger partial charge in [0.25, 0.3) is 5.56 Å². The van der Waals surface area contributed by atoms with Crippen molar-refractivity contribution < 1.29 is 0 Å². The summed E-state index contributed by atoms with van der Waals surface area (Å²) in [7, 11) is 0. The average Bonchev–Trinajstić information content (AvgIpc) is 2.23. The predicted molar refractivity (Wildman–Crippen MR) is 69.3 cm³/mol. The zero-order valence-corrected chi connectivity index (χ0v) is 11.1. The van der Waals surface area contributed by atoms with Crippen LogP contribution in [-0.4, -0.2) is 4.57 Å². The average molecular weight is 242 g/mol. The van der Waals surface area contributed by atoms with E-state index in [-0.39, 0.29) is 5.56 Å². The number of aromatic nitrogens is 1. The highest BCUT2D eigenvalue weighted by Crippen LogP contribution is 2.09. The Kier molecular flexibility index (Phi) is 5.07. The summed E-state index contributed by atoms with van der Waals surface area (Å²) in [5, 5.41) is 0. The molecule has 0 aliphatic rings. The van der Waals surface area contributed by atoms with Crippen LogP contribution < -0.4 is 5.56 Å². The molecule has 90 valence electrons. The summed E-state index contributed by atoms with van der Waals surface area (Å²) < 4.78 is 1.85. The van der Waals surface area contributed by atoms with Gasteiger partial charge in [-0.05, 0) is 31.9 Å². The number of rotatable bonds is 5. The third-order valence-electron chi connectivity index (χ3n) is 2.95. The van der Waals surface area contributed by atoms with Crippen molar-refractivity contribution in [2.75, 3.05) is 0 Å². The third-order valence-corrected chi connectivity index (χ3v) is 3.22. The Bertz CT molecular complexity index is 409. The van der Waals surface area contributed by atoms with Crippen LogP contribution in [-0.2, 0) is 12.4 Å². The Balaban J connectivity index is 3.04. The second-order valence-corrected chi connectivity index (χ2v) is 4.51. The first-order valence-electron chi connectivity index (χ1n) is 5.87. The van der Waals surface area contributed by atoms with Gasteiger partial charge in [0.05, 0.1) is 5.88 Å². The summed E-state index contributed by atoms with van der Waals surface area (Å²) in [6.07, 6.45) is 3.39. The van der Waals surface area contributed by atoms with Crippen LogP contribution in [0.15, 0.2) is 10.9 Å². The summed E-state index contributed by atoms with van der Waals surface area (Å²) >= 11 is 5.81. The maximum absolute atomic E-state index is 12.1. The van der Waals surface area contributed by atoms with Crippen molar-refractivity contribution in [2.24, 2.45) is 0 Å². The van der Waals surface area contributed by atoms with Crippen LogP contribution in [0.3, 0.4) is 0 Å². The molecule has 1 heterocycles. The van der Waals surface area contributed by atoms with Crippen LogP contribution in [0.4, 0.5) is 0 Å². The Morgan fingerprint density at radius 1 is 1.31 bits per heavy atom. The predicted octanol–water partition coefficient (Wildman–Crippen LogP) is 3.39. The van der Waals surface area contributed by atoms with Crippen molar-refractivity contribution in [1.29, 1.82) is 0 Å². The molecule has 0 amide bonds. The van der Waals surface area contributed by atoms with Gasteiger partial charge in [-0.25, -0.2) is 0 Å². The molecule has 3 heteroatoms. The maximum atomic E-state index is 12.1. The number of alkyl halides is 1. The molecular weight excluding hydrogens is 222 g/mol. The molecule has 2 nitrogen and oxygen atoms in total. The molecule has 0 saturated carbocycles.